The zero-order valence-corrected chi connectivity index (χ0v) is 10.9. The van der Waals surface area contributed by atoms with E-state index in [1.165, 1.54) is 32.4 Å². The molecule has 1 N–H and O–H groups in total. The number of hydrogen-bond donors (Lipinski definition) is 1. The van der Waals surface area contributed by atoms with Crippen molar-refractivity contribution in [3.05, 3.63) is 0 Å². The van der Waals surface area contributed by atoms with Crippen LogP contribution in [0.3, 0.4) is 0 Å². The summed E-state index contributed by atoms with van der Waals surface area (Å²) in [6, 6.07) is 2.08. The Morgan fingerprint density at radius 3 is 2.69 bits per heavy atom. The third-order valence-corrected chi connectivity index (χ3v) is 3.91. The number of nitrogens with one attached hydrogen (secondary N) is 1. The molecule has 0 spiro atoms. The van der Waals surface area contributed by atoms with Crippen LogP contribution in [-0.2, 0) is 4.74 Å². The van der Waals surface area contributed by atoms with Crippen LogP contribution in [0.1, 0.15) is 40.0 Å². The lowest BCUT2D eigenvalue weighted by Gasteiger charge is -2.30. The Bertz CT molecular complexity index is 220. The van der Waals surface area contributed by atoms with Gasteiger partial charge in [0.1, 0.15) is 0 Å². The maximum Gasteiger partial charge on any atom is 0.0561 e. The van der Waals surface area contributed by atoms with Crippen LogP contribution in [-0.4, -0.2) is 48.8 Å². The van der Waals surface area contributed by atoms with Crippen molar-refractivity contribution >= 4 is 0 Å². The smallest absolute Gasteiger partial charge is 0.0561 e. The highest BCUT2D eigenvalue weighted by Gasteiger charge is 2.27. The standard InChI is InChI=1S/C13H26N2O/c1-10(2)15-6-4-13(9-15)14-12-5-7-16-11(3)8-12/h10-14H,4-9H2,1-3H3. The first-order valence-electron chi connectivity index (χ1n) is 6.77. The van der Waals surface area contributed by atoms with Gasteiger partial charge in [0.25, 0.3) is 0 Å². The molecule has 2 rings (SSSR count). The number of hydrogen-bond acceptors (Lipinski definition) is 3. The minimum Gasteiger partial charge on any atom is -0.378 e. The average molecular weight is 226 g/mol. The highest BCUT2D eigenvalue weighted by molar-refractivity contribution is 4.86. The fourth-order valence-corrected chi connectivity index (χ4v) is 2.88. The molecule has 2 aliphatic rings. The van der Waals surface area contributed by atoms with Crippen molar-refractivity contribution in [1.29, 1.82) is 0 Å². The molecular weight excluding hydrogens is 200 g/mol. The second-order valence-electron chi connectivity index (χ2n) is 5.64. The van der Waals surface area contributed by atoms with Crippen LogP contribution in [0, 0.1) is 0 Å². The maximum atomic E-state index is 5.58. The summed E-state index contributed by atoms with van der Waals surface area (Å²) >= 11 is 0. The Kier molecular flexibility index (Phi) is 4.22. The molecule has 2 fully saturated rings. The zero-order chi connectivity index (χ0) is 11.5. The van der Waals surface area contributed by atoms with E-state index in [2.05, 4.69) is 31.0 Å². The van der Waals surface area contributed by atoms with Crippen LogP contribution < -0.4 is 5.32 Å². The van der Waals surface area contributed by atoms with E-state index in [0.717, 1.165) is 6.61 Å². The van der Waals surface area contributed by atoms with E-state index in [0.29, 0.717) is 24.2 Å². The summed E-state index contributed by atoms with van der Waals surface area (Å²) in [6.45, 7) is 10.2. The predicted octanol–water partition coefficient (Wildman–Crippen LogP) is 1.63. The summed E-state index contributed by atoms with van der Waals surface area (Å²) in [4.78, 5) is 2.57. The van der Waals surface area contributed by atoms with Crippen LogP contribution in [0.2, 0.25) is 0 Å². The maximum absolute atomic E-state index is 5.58. The molecular formula is C13H26N2O. The molecule has 3 atom stereocenters. The van der Waals surface area contributed by atoms with Crippen LogP contribution in [0.15, 0.2) is 0 Å². The van der Waals surface area contributed by atoms with Crippen LogP contribution in [0.25, 0.3) is 0 Å². The molecule has 0 amide bonds. The van der Waals surface area contributed by atoms with Gasteiger partial charge < -0.3 is 10.1 Å². The molecule has 3 unspecified atom stereocenters. The molecule has 2 aliphatic heterocycles. The van der Waals surface area contributed by atoms with E-state index in [-0.39, 0.29) is 0 Å². The minimum absolute atomic E-state index is 0.439. The topological polar surface area (TPSA) is 24.5 Å². The molecule has 0 aromatic carbocycles. The fraction of sp³-hybridized carbons (Fsp3) is 1.00. The second kappa shape index (κ2) is 5.48. The van der Waals surface area contributed by atoms with E-state index in [9.17, 15) is 0 Å². The molecule has 2 saturated heterocycles. The van der Waals surface area contributed by atoms with Crippen molar-refractivity contribution in [2.75, 3.05) is 19.7 Å². The van der Waals surface area contributed by atoms with E-state index in [1.807, 2.05) is 0 Å². The molecule has 0 aromatic heterocycles. The summed E-state index contributed by atoms with van der Waals surface area (Å²) in [5.74, 6) is 0. The fourth-order valence-electron chi connectivity index (χ4n) is 2.88. The summed E-state index contributed by atoms with van der Waals surface area (Å²) in [7, 11) is 0. The number of likely N-dealkylation sites (tertiary alicyclic amines) is 1. The first-order chi connectivity index (χ1) is 7.65. The lowest BCUT2D eigenvalue weighted by Crippen LogP contribution is -2.45. The summed E-state index contributed by atoms with van der Waals surface area (Å²) in [6.07, 6.45) is 4.11. The van der Waals surface area contributed by atoms with Crippen LogP contribution in [0.4, 0.5) is 0 Å². The minimum atomic E-state index is 0.439. The molecule has 3 nitrogen and oxygen atoms in total. The van der Waals surface area contributed by atoms with Gasteiger partial charge in [0.2, 0.25) is 0 Å². The quantitative estimate of drug-likeness (QED) is 0.791. The molecule has 0 bridgehead atoms. The van der Waals surface area contributed by atoms with Crippen molar-refractivity contribution in [2.24, 2.45) is 0 Å². The monoisotopic (exact) mass is 226 g/mol. The molecule has 0 saturated carbocycles. The Morgan fingerprint density at radius 1 is 1.25 bits per heavy atom. The van der Waals surface area contributed by atoms with E-state index in [1.54, 1.807) is 0 Å². The van der Waals surface area contributed by atoms with Gasteiger partial charge >= 0.3 is 0 Å². The van der Waals surface area contributed by atoms with Crippen molar-refractivity contribution in [1.82, 2.24) is 10.2 Å². The summed E-state index contributed by atoms with van der Waals surface area (Å²) in [5, 5.41) is 3.81. The van der Waals surface area contributed by atoms with E-state index >= 15 is 0 Å². The van der Waals surface area contributed by atoms with Gasteiger partial charge in [-0.3, -0.25) is 4.90 Å². The summed E-state index contributed by atoms with van der Waals surface area (Å²) < 4.78 is 5.58. The normalized spacial score (nSPS) is 37.1. The van der Waals surface area contributed by atoms with Crippen molar-refractivity contribution in [3.8, 4) is 0 Å². The Labute approximate surface area is 99.5 Å². The average Bonchev–Trinajstić information content (AvgIpc) is 2.66. The van der Waals surface area contributed by atoms with Gasteiger partial charge in [0.15, 0.2) is 0 Å². The van der Waals surface area contributed by atoms with Crippen molar-refractivity contribution in [2.45, 2.75) is 64.3 Å². The van der Waals surface area contributed by atoms with Gasteiger partial charge in [0.05, 0.1) is 6.10 Å². The first kappa shape index (κ1) is 12.3. The molecule has 3 heteroatoms. The SMILES string of the molecule is CC1CC(NC2CCN(C(C)C)C2)CCO1. The highest BCUT2D eigenvalue weighted by atomic mass is 16.5. The van der Waals surface area contributed by atoms with Gasteiger partial charge in [-0.15, -0.1) is 0 Å². The molecule has 0 aliphatic carbocycles. The van der Waals surface area contributed by atoms with Gasteiger partial charge in [0, 0.05) is 31.3 Å². The van der Waals surface area contributed by atoms with Crippen molar-refractivity contribution < 1.29 is 4.74 Å². The number of rotatable bonds is 3. The Hall–Kier alpha value is -0.120. The van der Waals surface area contributed by atoms with Gasteiger partial charge in [-0.25, -0.2) is 0 Å². The molecule has 16 heavy (non-hydrogen) atoms. The zero-order valence-electron chi connectivity index (χ0n) is 10.9. The van der Waals surface area contributed by atoms with Crippen LogP contribution in [0.5, 0.6) is 0 Å². The molecule has 0 radical (unpaired) electrons. The second-order valence-corrected chi connectivity index (χ2v) is 5.64. The van der Waals surface area contributed by atoms with Crippen LogP contribution >= 0.6 is 0 Å². The van der Waals surface area contributed by atoms with Gasteiger partial charge in [-0.2, -0.15) is 0 Å². The molecule has 94 valence electrons. The largest absolute Gasteiger partial charge is 0.378 e. The lowest BCUT2D eigenvalue weighted by molar-refractivity contribution is 0.0114. The Morgan fingerprint density at radius 2 is 2.06 bits per heavy atom. The third kappa shape index (κ3) is 3.19. The molecule has 2 heterocycles. The van der Waals surface area contributed by atoms with E-state index in [4.69, 9.17) is 4.74 Å². The Balaban J connectivity index is 1.74. The third-order valence-electron chi connectivity index (χ3n) is 3.91. The van der Waals surface area contributed by atoms with Crippen molar-refractivity contribution in [3.63, 3.8) is 0 Å². The first-order valence-corrected chi connectivity index (χ1v) is 6.77. The van der Waals surface area contributed by atoms with Gasteiger partial charge in [-0.1, -0.05) is 0 Å². The summed E-state index contributed by atoms with van der Waals surface area (Å²) in [5.41, 5.74) is 0. The lowest BCUT2D eigenvalue weighted by atomic mass is 10.0. The molecule has 0 aromatic rings. The number of nitrogens with zero attached hydrogens (tertiary/aromatic N) is 1. The van der Waals surface area contributed by atoms with E-state index < -0.39 is 0 Å². The predicted molar refractivity (Wildman–Crippen MR) is 66.7 cm³/mol. The number of ether oxygens (including phenoxy) is 1. The highest BCUT2D eigenvalue weighted by Crippen LogP contribution is 2.17. The van der Waals surface area contributed by atoms with Gasteiger partial charge in [-0.05, 0) is 46.6 Å².